The minimum atomic E-state index is -0.0273. The van der Waals surface area contributed by atoms with Crippen molar-refractivity contribution in [1.82, 2.24) is 9.80 Å². The van der Waals surface area contributed by atoms with Crippen LogP contribution in [0, 0.1) is 0 Å². The lowest BCUT2D eigenvalue weighted by Crippen LogP contribution is -2.47. The molecule has 100 valence electrons. The molecule has 0 aliphatic carbocycles. The summed E-state index contributed by atoms with van der Waals surface area (Å²) in [5.74, 6) is -0.0273. The first-order valence-electron chi connectivity index (χ1n) is 6.11. The second-order valence-electron chi connectivity index (χ2n) is 4.35. The highest BCUT2D eigenvalue weighted by molar-refractivity contribution is 6.30. The Morgan fingerprint density at radius 2 is 1.74 bits per heavy atom. The first kappa shape index (κ1) is 13.6. The zero-order chi connectivity index (χ0) is 13.7. The van der Waals surface area contributed by atoms with E-state index in [1.807, 2.05) is 12.1 Å². The molecule has 1 aromatic carbocycles. The maximum atomic E-state index is 11.9. The number of hydrogen-bond acceptors (Lipinski definition) is 2. The number of hydrogen-bond donors (Lipinski definition) is 0. The van der Waals surface area contributed by atoms with Crippen molar-refractivity contribution in [2.45, 2.75) is 0 Å². The second-order valence-corrected chi connectivity index (χ2v) is 4.79. The fourth-order valence-electron chi connectivity index (χ4n) is 1.89. The van der Waals surface area contributed by atoms with Gasteiger partial charge >= 0.3 is 0 Å². The van der Waals surface area contributed by atoms with Crippen LogP contribution in [0.15, 0.2) is 30.3 Å². The van der Waals surface area contributed by atoms with E-state index >= 15 is 0 Å². The third-order valence-corrected chi connectivity index (χ3v) is 3.32. The number of carbonyl (C=O) groups is 2. The van der Waals surface area contributed by atoms with E-state index in [2.05, 4.69) is 0 Å². The molecular weight excluding hydrogens is 264 g/mol. The number of carbonyl (C=O) groups excluding carboxylic acids is 2. The van der Waals surface area contributed by atoms with Gasteiger partial charge in [0.1, 0.15) is 0 Å². The van der Waals surface area contributed by atoms with Gasteiger partial charge in [0.15, 0.2) is 0 Å². The molecule has 0 unspecified atom stereocenters. The van der Waals surface area contributed by atoms with Crippen molar-refractivity contribution in [3.63, 3.8) is 0 Å². The predicted octanol–water partition coefficient (Wildman–Crippen LogP) is 1.65. The number of benzene rings is 1. The molecule has 1 heterocycles. The van der Waals surface area contributed by atoms with Crippen molar-refractivity contribution in [2.75, 3.05) is 26.2 Å². The fraction of sp³-hybridized carbons (Fsp3) is 0.286. The summed E-state index contributed by atoms with van der Waals surface area (Å²) in [7, 11) is 0. The minimum absolute atomic E-state index is 0.0273. The van der Waals surface area contributed by atoms with E-state index < -0.39 is 0 Å². The van der Waals surface area contributed by atoms with Crippen molar-refractivity contribution in [1.29, 1.82) is 0 Å². The van der Waals surface area contributed by atoms with E-state index in [0.717, 1.165) is 12.0 Å². The van der Waals surface area contributed by atoms with Crippen molar-refractivity contribution in [3.8, 4) is 0 Å². The van der Waals surface area contributed by atoms with Crippen LogP contribution in [0.3, 0.4) is 0 Å². The highest BCUT2D eigenvalue weighted by Crippen LogP contribution is 2.11. The molecule has 1 saturated heterocycles. The van der Waals surface area contributed by atoms with E-state index in [0.29, 0.717) is 31.2 Å². The summed E-state index contributed by atoms with van der Waals surface area (Å²) >= 11 is 5.79. The zero-order valence-electron chi connectivity index (χ0n) is 10.5. The highest BCUT2D eigenvalue weighted by atomic mass is 35.5. The number of rotatable bonds is 3. The quantitative estimate of drug-likeness (QED) is 0.623. The highest BCUT2D eigenvalue weighted by Gasteiger charge is 2.17. The van der Waals surface area contributed by atoms with Crippen LogP contribution in [0.4, 0.5) is 0 Å². The molecule has 0 N–H and O–H groups in total. The van der Waals surface area contributed by atoms with Gasteiger partial charge in [0.2, 0.25) is 12.3 Å². The predicted molar refractivity (Wildman–Crippen MR) is 74.7 cm³/mol. The van der Waals surface area contributed by atoms with Crippen LogP contribution in [0.25, 0.3) is 6.08 Å². The Hall–Kier alpha value is -1.81. The molecule has 0 radical (unpaired) electrons. The summed E-state index contributed by atoms with van der Waals surface area (Å²) in [6.45, 7) is 2.37. The van der Waals surface area contributed by atoms with Gasteiger partial charge in [-0.1, -0.05) is 23.7 Å². The van der Waals surface area contributed by atoms with Gasteiger partial charge in [-0.05, 0) is 23.8 Å². The molecule has 1 aliphatic heterocycles. The van der Waals surface area contributed by atoms with Crippen molar-refractivity contribution in [2.24, 2.45) is 0 Å². The lowest BCUT2D eigenvalue weighted by Gasteiger charge is -2.31. The summed E-state index contributed by atoms with van der Waals surface area (Å²) < 4.78 is 0. The standard InChI is InChI=1S/C14H15ClN2O2/c15-13-4-1-12(2-5-13)3-6-14(19)17-9-7-16(11-18)8-10-17/h1-6,11H,7-10H2/b6-3+. The van der Waals surface area contributed by atoms with Crippen molar-refractivity contribution < 1.29 is 9.59 Å². The Morgan fingerprint density at radius 3 is 2.32 bits per heavy atom. The molecule has 0 spiro atoms. The Kier molecular flexibility index (Phi) is 4.58. The zero-order valence-corrected chi connectivity index (χ0v) is 11.2. The van der Waals surface area contributed by atoms with Crippen molar-refractivity contribution >= 4 is 30.0 Å². The summed E-state index contributed by atoms with van der Waals surface area (Å²) in [4.78, 5) is 25.9. The molecule has 0 saturated carbocycles. The molecule has 1 aliphatic rings. The van der Waals surface area contributed by atoms with E-state index in [1.165, 1.54) is 0 Å². The maximum Gasteiger partial charge on any atom is 0.246 e. The summed E-state index contributed by atoms with van der Waals surface area (Å²) in [5.41, 5.74) is 0.935. The molecule has 5 heteroatoms. The van der Waals surface area contributed by atoms with Gasteiger partial charge < -0.3 is 9.80 Å². The Balaban J connectivity index is 1.90. The molecule has 1 aromatic rings. The number of amides is 2. The lowest BCUT2D eigenvalue weighted by molar-refractivity contribution is -0.130. The topological polar surface area (TPSA) is 40.6 Å². The average Bonchev–Trinajstić information content (AvgIpc) is 2.46. The lowest BCUT2D eigenvalue weighted by atomic mass is 10.2. The Bertz CT molecular complexity index is 477. The van der Waals surface area contributed by atoms with Crippen LogP contribution in [-0.4, -0.2) is 48.3 Å². The third kappa shape index (κ3) is 3.83. The van der Waals surface area contributed by atoms with Crippen LogP contribution in [0.1, 0.15) is 5.56 Å². The Morgan fingerprint density at radius 1 is 1.11 bits per heavy atom. The van der Waals surface area contributed by atoms with E-state index in [-0.39, 0.29) is 5.91 Å². The Labute approximate surface area is 117 Å². The summed E-state index contributed by atoms with van der Waals surface area (Å²) in [6.07, 6.45) is 4.15. The number of halogens is 1. The van der Waals surface area contributed by atoms with Gasteiger partial charge in [-0.25, -0.2) is 0 Å². The molecule has 2 rings (SSSR count). The normalized spacial score (nSPS) is 15.8. The average molecular weight is 279 g/mol. The number of piperazine rings is 1. The van der Waals surface area contributed by atoms with Gasteiger partial charge in [0.05, 0.1) is 0 Å². The van der Waals surface area contributed by atoms with E-state index in [4.69, 9.17) is 11.6 Å². The maximum absolute atomic E-state index is 11.9. The monoisotopic (exact) mass is 278 g/mol. The second kappa shape index (κ2) is 6.38. The molecule has 19 heavy (non-hydrogen) atoms. The van der Waals surface area contributed by atoms with Crippen LogP contribution in [0.2, 0.25) is 5.02 Å². The van der Waals surface area contributed by atoms with Crippen molar-refractivity contribution in [3.05, 3.63) is 40.9 Å². The molecule has 0 aromatic heterocycles. The smallest absolute Gasteiger partial charge is 0.246 e. The fourth-order valence-corrected chi connectivity index (χ4v) is 2.02. The number of nitrogens with zero attached hydrogens (tertiary/aromatic N) is 2. The summed E-state index contributed by atoms with van der Waals surface area (Å²) in [6, 6.07) is 7.29. The molecule has 2 amide bonds. The SMILES string of the molecule is O=CN1CCN(C(=O)/C=C/c2ccc(Cl)cc2)CC1. The third-order valence-electron chi connectivity index (χ3n) is 3.06. The molecule has 0 atom stereocenters. The molecule has 0 bridgehead atoms. The molecule has 1 fully saturated rings. The van der Waals surface area contributed by atoms with E-state index in [9.17, 15) is 9.59 Å². The van der Waals surface area contributed by atoms with Gasteiger partial charge in [-0.2, -0.15) is 0 Å². The van der Waals surface area contributed by atoms with Crippen LogP contribution < -0.4 is 0 Å². The van der Waals surface area contributed by atoms with Crippen LogP contribution in [0.5, 0.6) is 0 Å². The first-order chi connectivity index (χ1) is 9.19. The summed E-state index contributed by atoms with van der Waals surface area (Å²) in [5, 5.41) is 0.675. The largest absolute Gasteiger partial charge is 0.342 e. The van der Waals surface area contributed by atoms with Gasteiger partial charge in [0, 0.05) is 37.3 Å². The minimum Gasteiger partial charge on any atom is -0.342 e. The molecule has 4 nitrogen and oxygen atoms in total. The molecular formula is C14H15ClN2O2. The van der Waals surface area contributed by atoms with Crippen LogP contribution >= 0.6 is 11.6 Å². The van der Waals surface area contributed by atoms with E-state index in [1.54, 1.807) is 34.1 Å². The first-order valence-corrected chi connectivity index (χ1v) is 6.49. The van der Waals surface area contributed by atoms with Crippen LogP contribution in [-0.2, 0) is 9.59 Å². The van der Waals surface area contributed by atoms with Gasteiger partial charge in [-0.3, -0.25) is 9.59 Å². The van der Waals surface area contributed by atoms with Gasteiger partial charge in [0.25, 0.3) is 0 Å². The van der Waals surface area contributed by atoms with Gasteiger partial charge in [-0.15, -0.1) is 0 Å².